The minimum atomic E-state index is -0.227. The smallest absolute Gasteiger partial charge is 0.255 e. The zero-order valence-corrected chi connectivity index (χ0v) is 26.8. The highest BCUT2D eigenvalue weighted by Crippen LogP contribution is 2.30. The molecule has 2 amide bonds. The van der Waals surface area contributed by atoms with Crippen molar-refractivity contribution in [3.05, 3.63) is 155 Å². The Balaban J connectivity index is 1.05. The van der Waals surface area contributed by atoms with Gasteiger partial charge in [0.05, 0.1) is 0 Å². The Kier molecular flexibility index (Phi) is 8.36. The van der Waals surface area contributed by atoms with E-state index in [2.05, 4.69) is 21.3 Å². The topological polar surface area (TPSA) is 151 Å². The van der Waals surface area contributed by atoms with E-state index in [1.807, 2.05) is 60.7 Å². The molecule has 0 radical (unpaired) electrons. The average molecular weight is 663 g/mol. The van der Waals surface area contributed by atoms with E-state index in [-0.39, 0.29) is 17.2 Å². The van der Waals surface area contributed by atoms with Gasteiger partial charge in [-0.3, -0.25) is 14.4 Å². The van der Waals surface area contributed by atoms with Crippen molar-refractivity contribution in [2.24, 2.45) is 0 Å². The Labute approximate surface area is 285 Å². The summed E-state index contributed by atoms with van der Waals surface area (Å²) in [5.41, 5.74) is 18.0. The molecular weight excluding hydrogens is 633 g/mol. The van der Waals surface area contributed by atoms with E-state index in [0.29, 0.717) is 44.6 Å². The summed E-state index contributed by atoms with van der Waals surface area (Å²) in [5.74, 6) is -0.454. The van der Waals surface area contributed by atoms with Gasteiger partial charge in [-0.2, -0.15) is 0 Å². The summed E-state index contributed by atoms with van der Waals surface area (Å²) in [6, 6.07) is 39.6. The number of nitrogens with two attached hydrogens (primary N) is 2. The average Bonchev–Trinajstić information content (AvgIpc) is 3.11. The van der Waals surface area contributed by atoms with Gasteiger partial charge in [-0.1, -0.05) is 0 Å². The molecule has 0 saturated heterocycles. The van der Waals surface area contributed by atoms with Crippen molar-refractivity contribution in [3.63, 3.8) is 0 Å². The van der Waals surface area contributed by atoms with Crippen LogP contribution in [0.3, 0.4) is 0 Å². The highest BCUT2D eigenvalue weighted by Gasteiger charge is 2.11. The number of nitrogen functional groups attached to an aromatic ring is 2. The fourth-order valence-electron chi connectivity index (χ4n) is 5.29. The van der Waals surface area contributed by atoms with E-state index in [9.17, 15) is 14.4 Å². The van der Waals surface area contributed by atoms with Crippen molar-refractivity contribution < 1.29 is 9.59 Å². The highest BCUT2D eigenvalue weighted by atomic mass is 32.1. The maximum atomic E-state index is 13.7. The molecule has 0 fully saturated rings. The van der Waals surface area contributed by atoms with Crippen LogP contribution in [0.5, 0.6) is 0 Å². The summed E-state index contributed by atoms with van der Waals surface area (Å²) in [7, 11) is 0. The van der Waals surface area contributed by atoms with Crippen molar-refractivity contribution in [1.82, 2.24) is 0 Å². The van der Waals surface area contributed by atoms with Gasteiger partial charge in [-0.05, 0) is 133 Å². The third-order valence-electron chi connectivity index (χ3n) is 7.88. The minimum absolute atomic E-state index is 0.0691. The molecule has 1 aromatic heterocycles. The SMILES string of the molecule is Nc1ccc(NC(=O)c2ccc(Nc3ccc4sc5ccc(Nc6ccc(C(=O)Nc7ccc(N)cc7)cc6)cc5c(=O)c4c3)cc2)cc1. The normalized spacial score (nSPS) is 10.9. The second kappa shape index (κ2) is 13.2. The Hall–Kier alpha value is -6.65. The first-order valence-electron chi connectivity index (χ1n) is 15.4. The fraction of sp³-hybridized carbons (Fsp3) is 0. The van der Waals surface area contributed by atoms with E-state index in [4.69, 9.17) is 11.5 Å². The van der Waals surface area contributed by atoms with Gasteiger partial charge < -0.3 is 32.7 Å². The summed E-state index contributed by atoms with van der Waals surface area (Å²) in [5, 5.41) is 13.6. The maximum Gasteiger partial charge on any atom is 0.255 e. The molecule has 7 aromatic rings. The molecule has 0 aliphatic rings. The molecule has 0 aliphatic carbocycles. The monoisotopic (exact) mass is 662 g/mol. The van der Waals surface area contributed by atoms with Crippen LogP contribution < -0.4 is 38.2 Å². The van der Waals surface area contributed by atoms with Gasteiger partial charge in [-0.15, -0.1) is 11.3 Å². The third kappa shape index (κ3) is 7.04. The van der Waals surface area contributed by atoms with Crippen LogP contribution >= 0.6 is 11.3 Å². The molecule has 0 atom stereocenters. The molecule has 49 heavy (non-hydrogen) atoms. The molecule has 8 N–H and O–H groups in total. The Morgan fingerprint density at radius 2 is 0.796 bits per heavy atom. The number of anilines is 8. The predicted octanol–water partition coefficient (Wildman–Crippen LogP) is 8.57. The quantitative estimate of drug-likeness (QED) is 0.0704. The lowest BCUT2D eigenvalue weighted by Gasteiger charge is -2.11. The van der Waals surface area contributed by atoms with Crippen LogP contribution in [0, 0.1) is 0 Å². The largest absolute Gasteiger partial charge is 0.399 e. The molecule has 7 rings (SSSR count). The molecule has 0 unspecified atom stereocenters. The molecule has 6 aromatic carbocycles. The number of hydrogen-bond acceptors (Lipinski definition) is 8. The molecular formula is C39H30N6O3S. The Morgan fingerprint density at radius 3 is 1.18 bits per heavy atom. The lowest BCUT2D eigenvalue weighted by molar-refractivity contribution is 0.101. The molecule has 9 nitrogen and oxygen atoms in total. The van der Waals surface area contributed by atoms with Gasteiger partial charge in [0.15, 0.2) is 5.43 Å². The lowest BCUT2D eigenvalue weighted by atomic mass is 10.1. The second-order valence-electron chi connectivity index (χ2n) is 11.4. The number of carbonyl (C=O) groups is 2. The van der Waals surface area contributed by atoms with E-state index in [1.54, 1.807) is 84.1 Å². The lowest BCUT2D eigenvalue weighted by Crippen LogP contribution is -2.11. The van der Waals surface area contributed by atoms with Crippen LogP contribution in [-0.2, 0) is 0 Å². The van der Waals surface area contributed by atoms with Crippen LogP contribution in [0.25, 0.3) is 20.2 Å². The van der Waals surface area contributed by atoms with Crippen LogP contribution in [-0.4, -0.2) is 11.8 Å². The summed E-state index contributed by atoms with van der Waals surface area (Å²) in [6.45, 7) is 0. The number of carbonyl (C=O) groups excluding carboxylic acids is 2. The number of rotatable bonds is 8. The first-order valence-corrected chi connectivity index (χ1v) is 16.2. The van der Waals surface area contributed by atoms with Crippen LogP contribution in [0.15, 0.2) is 138 Å². The highest BCUT2D eigenvalue weighted by molar-refractivity contribution is 7.24. The van der Waals surface area contributed by atoms with Gasteiger partial charge >= 0.3 is 0 Å². The van der Waals surface area contributed by atoms with Gasteiger partial charge in [0.1, 0.15) is 0 Å². The summed E-state index contributed by atoms with van der Waals surface area (Å²) < 4.78 is 1.76. The summed E-state index contributed by atoms with van der Waals surface area (Å²) in [6.07, 6.45) is 0. The molecule has 0 spiro atoms. The van der Waals surface area contributed by atoms with E-state index in [0.717, 1.165) is 32.1 Å². The maximum absolute atomic E-state index is 13.7. The van der Waals surface area contributed by atoms with Crippen molar-refractivity contribution >= 4 is 88.8 Å². The summed E-state index contributed by atoms with van der Waals surface area (Å²) >= 11 is 1.55. The van der Waals surface area contributed by atoms with Crippen molar-refractivity contribution in [3.8, 4) is 0 Å². The van der Waals surface area contributed by atoms with Crippen LogP contribution in [0.4, 0.5) is 45.5 Å². The van der Waals surface area contributed by atoms with E-state index >= 15 is 0 Å². The zero-order valence-electron chi connectivity index (χ0n) is 26.0. The van der Waals surface area contributed by atoms with Crippen molar-refractivity contribution in [2.45, 2.75) is 0 Å². The Morgan fingerprint density at radius 1 is 0.449 bits per heavy atom. The Bertz CT molecular complexity index is 2220. The van der Waals surface area contributed by atoms with E-state index in [1.165, 1.54) is 0 Å². The van der Waals surface area contributed by atoms with Crippen LogP contribution in [0.1, 0.15) is 20.7 Å². The number of amides is 2. The van der Waals surface area contributed by atoms with Gasteiger partial charge in [0.25, 0.3) is 11.8 Å². The molecule has 0 saturated carbocycles. The number of hydrogen-bond donors (Lipinski definition) is 6. The van der Waals surface area contributed by atoms with Crippen molar-refractivity contribution in [2.75, 3.05) is 32.7 Å². The molecule has 0 bridgehead atoms. The second-order valence-corrected chi connectivity index (χ2v) is 12.5. The first kappa shape index (κ1) is 31.0. The van der Waals surface area contributed by atoms with Gasteiger partial charge in [0, 0.05) is 76.8 Å². The first-order chi connectivity index (χ1) is 23.8. The predicted molar refractivity (Wildman–Crippen MR) is 203 cm³/mol. The van der Waals surface area contributed by atoms with Crippen molar-refractivity contribution in [1.29, 1.82) is 0 Å². The number of benzene rings is 6. The number of fused-ring (bicyclic) bond motifs is 2. The summed E-state index contributed by atoms with van der Waals surface area (Å²) in [4.78, 5) is 39.1. The van der Waals surface area contributed by atoms with Gasteiger partial charge in [-0.25, -0.2) is 0 Å². The standard InChI is InChI=1S/C39H30N6O3S/c40-25-5-13-29(14-6-25)44-38(47)23-1-9-27(10-2-23)42-31-17-19-35-33(21-31)37(46)34-22-32(18-20-36(34)49-35)43-28-11-3-24(4-12-28)39(48)45-30-15-7-26(41)8-16-30/h1-22,42-43H,40-41H2,(H,44,47)(H,45,48). The fourth-order valence-corrected chi connectivity index (χ4v) is 6.33. The molecule has 240 valence electrons. The molecule has 10 heteroatoms. The molecule has 1 heterocycles. The van der Waals surface area contributed by atoms with E-state index < -0.39 is 0 Å². The number of nitrogens with one attached hydrogen (secondary N) is 4. The van der Waals surface area contributed by atoms with Gasteiger partial charge in [0.2, 0.25) is 0 Å². The zero-order chi connectivity index (χ0) is 33.9. The third-order valence-corrected chi connectivity index (χ3v) is 9.03. The minimum Gasteiger partial charge on any atom is -0.399 e. The van der Waals surface area contributed by atoms with Crippen LogP contribution in [0.2, 0.25) is 0 Å². The molecule has 0 aliphatic heterocycles.